The van der Waals surface area contributed by atoms with Crippen molar-refractivity contribution in [3.05, 3.63) is 121 Å². The van der Waals surface area contributed by atoms with E-state index in [0.717, 1.165) is 55.2 Å². The molecule has 0 aliphatic carbocycles. The third-order valence-corrected chi connectivity index (χ3v) is 6.00. The lowest BCUT2D eigenvalue weighted by Crippen LogP contribution is -1.86. The van der Waals surface area contributed by atoms with Crippen LogP contribution in [0, 0.1) is 5.82 Å². The lowest BCUT2D eigenvalue weighted by atomic mass is 9.99. The van der Waals surface area contributed by atoms with Gasteiger partial charge in [0.15, 0.2) is 0 Å². The normalized spacial score (nSPS) is 11.2. The van der Waals surface area contributed by atoms with E-state index in [1.54, 1.807) is 12.1 Å². The Morgan fingerprint density at radius 3 is 1.64 bits per heavy atom. The molecule has 4 aromatic carbocycles. The molecular weight excluding hydrogens is 407 g/mol. The first-order valence-electron chi connectivity index (χ1n) is 10.8. The van der Waals surface area contributed by atoms with Gasteiger partial charge in [-0.3, -0.25) is 9.97 Å². The molecule has 0 aliphatic rings. The number of pyridine rings is 2. The molecule has 0 saturated heterocycles. The van der Waals surface area contributed by atoms with Crippen LogP contribution in [0.5, 0.6) is 0 Å². The average molecular weight is 426 g/mol. The van der Waals surface area contributed by atoms with Gasteiger partial charge in [-0.25, -0.2) is 4.39 Å². The maximum atomic E-state index is 13.2. The predicted molar refractivity (Wildman–Crippen MR) is 133 cm³/mol. The molecule has 2 aromatic heterocycles. The number of para-hydroxylation sites is 1. The minimum Gasteiger partial charge on any atom is -0.256 e. The van der Waals surface area contributed by atoms with Gasteiger partial charge in [-0.1, -0.05) is 66.7 Å². The minimum atomic E-state index is -0.231. The van der Waals surface area contributed by atoms with Crippen molar-refractivity contribution in [2.75, 3.05) is 0 Å². The summed E-state index contributed by atoms with van der Waals surface area (Å²) in [5.74, 6) is -0.231. The molecule has 0 amide bonds. The first kappa shape index (κ1) is 19.3. The Balaban J connectivity index is 1.30. The average Bonchev–Trinajstić information content (AvgIpc) is 2.88. The monoisotopic (exact) mass is 426 g/mol. The Morgan fingerprint density at radius 1 is 0.424 bits per heavy atom. The molecule has 2 nitrogen and oxygen atoms in total. The maximum Gasteiger partial charge on any atom is 0.123 e. The largest absolute Gasteiger partial charge is 0.256 e. The van der Waals surface area contributed by atoms with Crippen LogP contribution >= 0.6 is 0 Å². The summed E-state index contributed by atoms with van der Waals surface area (Å²) in [4.78, 5) is 9.27. The number of hydrogen-bond donors (Lipinski definition) is 0. The van der Waals surface area contributed by atoms with Crippen molar-refractivity contribution in [2.45, 2.75) is 0 Å². The van der Waals surface area contributed by atoms with Crippen molar-refractivity contribution in [1.82, 2.24) is 9.97 Å². The van der Waals surface area contributed by atoms with E-state index in [1.807, 2.05) is 36.7 Å². The van der Waals surface area contributed by atoms with Crippen molar-refractivity contribution < 1.29 is 4.39 Å². The fraction of sp³-hybridized carbons (Fsp3) is 0. The molecule has 0 saturated carbocycles. The van der Waals surface area contributed by atoms with E-state index in [9.17, 15) is 4.39 Å². The van der Waals surface area contributed by atoms with Crippen LogP contribution in [-0.4, -0.2) is 9.97 Å². The number of halogens is 1. The topological polar surface area (TPSA) is 25.8 Å². The molecule has 0 unspecified atom stereocenters. The Hall–Kier alpha value is -4.37. The van der Waals surface area contributed by atoms with E-state index >= 15 is 0 Å². The Kier molecular flexibility index (Phi) is 4.66. The molecular formula is C30H19FN2. The smallest absolute Gasteiger partial charge is 0.123 e. The molecule has 0 spiro atoms. The molecule has 6 aromatic rings. The molecule has 0 radical (unpaired) electrons. The Bertz CT molecular complexity index is 1600. The number of aromatic nitrogens is 2. The molecule has 0 N–H and O–H groups in total. The zero-order valence-corrected chi connectivity index (χ0v) is 17.7. The van der Waals surface area contributed by atoms with E-state index in [-0.39, 0.29) is 5.82 Å². The van der Waals surface area contributed by atoms with Gasteiger partial charge < -0.3 is 0 Å². The van der Waals surface area contributed by atoms with Gasteiger partial charge in [0.05, 0.1) is 11.0 Å². The number of fused-ring (bicyclic) bond motifs is 2. The highest BCUT2D eigenvalue weighted by Gasteiger charge is 2.06. The van der Waals surface area contributed by atoms with Crippen molar-refractivity contribution in [3.8, 4) is 33.4 Å². The van der Waals surface area contributed by atoms with Crippen LogP contribution < -0.4 is 0 Å². The zero-order valence-electron chi connectivity index (χ0n) is 17.7. The zero-order chi connectivity index (χ0) is 22.2. The quantitative estimate of drug-likeness (QED) is 0.287. The summed E-state index contributed by atoms with van der Waals surface area (Å²) >= 11 is 0. The summed E-state index contributed by atoms with van der Waals surface area (Å²) in [5.41, 5.74) is 8.34. The Morgan fingerprint density at radius 2 is 0.939 bits per heavy atom. The van der Waals surface area contributed by atoms with Crippen molar-refractivity contribution >= 4 is 21.8 Å². The molecule has 0 bridgehead atoms. The second-order valence-corrected chi connectivity index (χ2v) is 8.13. The highest BCUT2D eigenvalue weighted by molar-refractivity contribution is 5.88. The molecule has 0 fully saturated rings. The first-order chi connectivity index (χ1) is 16.2. The van der Waals surface area contributed by atoms with Gasteiger partial charge >= 0.3 is 0 Å². The Labute approximate surface area is 191 Å². The van der Waals surface area contributed by atoms with E-state index in [4.69, 9.17) is 4.98 Å². The van der Waals surface area contributed by atoms with E-state index < -0.39 is 0 Å². The van der Waals surface area contributed by atoms with Gasteiger partial charge in [-0.05, 0) is 58.7 Å². The molecule has 0 atom stereocenters. The summed E-state index contributed by atoms with van der Waals surface area (Å²) in [6.07, 6.45) is 3.83. The first-order valence-corrected chi connectivity index (χ1v) is 10.8. The predicted octanol–water partition coefficient (Wildman–Crippen LogP) is 7.92. The van der Waals surface area contributed by atoms with Crippen molar-refractivity contribution in [1.29, 1.82) is 0 Å². The van der Waals surface area contributed by atoms with E-state index in [1.165, 1.54) is 12.1 Å². The van der Waals surface area contributed by atoms with E-state index in [0.29, 0.717) is 0 Å². The summed E-state index contributed by atoms with van der Waals surface area (Å²) in [5, 5.41) is 2.21. The van der Waals surface area contributed by atoms with Crippen LogP contribution in [0.2, 0.25) is 0 Å². The number of benzene rings is 4. The maximum absolute atomic E-state index is 13.2. The third kappa shape index (κ3) is 3.74. The number of rotatable bonds is 3. The van der Waals surface area contributed by atoms with Gasteiger partial charge in [0.1, 0.15) is 5.82 Å². The van der Waals surface area contributed by atoms with Crippen LogP contribution in [0.15, 0.2) is 116 Å². The lowest BCUT2D eigenvalue weighted by Gasteiger charge is -2.08. The van der Waals surface area contributed by atoms with Crippen LogP contribution in [0.1, 0.15) is 0 Å². The van der Waals surface area contributed by atoms with Crippen LogP contribution in [-0.2, 0) is 0 Å². The minimum absolute atomic E-state index is 0.231. The van der Waals surface area contributed by atoms with E-state index in [2.05, 4.69) is 59.6 Å². The number of nitrogens with zero attached hydrogens (tertiary/aromatic N) is 2. The highest BCUT2D eigenvalue weighted by Crippen LogP contribution is 2.29. The van der Waals surface area contributed by atoms with Gasteiger partial charge in [0.2, 0.25) is 0 Å². The van der Waals surface area contributed by atoms with Gasteiger partial charge in [0.25, 0.3) is 0 Å². The standard InChI is InChI=1S/C30H19FN2/c31-28-13-11-20(12-14-28)23-9-10-25-16-27(19-33-30(25)17-23)22-7-5-21(6-8-22)26-15-24-3-1-2-4-29(24)32-18-26/h1-19H. The fourth-order valence-electron chi connectivity index (χ4n) is 4.19. The summed E-state index contributed by atoms with van der Waals surface area (Å²) < 4.78 is 13.2. The summed E-state index contributed by atoms with van der Waals surface area (Å²) in [7, 11) is 0. The summed E-state index contributed by atoms with van der Waals surface area (Å²) in [6, 6.07) is 33.7. The molecule has 3 heteroatoms. The van der Waals surface area contributed by atoms with Crippen LogP contribution in [0.3, 0.4) is 0 Å². The molecule has 2 heterocycles. The second kappa shape index (κ2) is 7.95. The lowest BCUT2D eigenvalue weighted by molar-refractivity contribution is 0.628. The molecule has 6 rings (SSSR count). The SMILES string of the molecule is Fc1ccc(-c2ccc3cc(-c4ccc(-c5cnc6ccccc6c5)cc4)cnc3c2)cc1. The fourth-order valence-corrected chi connectivity index (χ4v) is 4.19. The highest BCUT2D eigenvalue weighted by atomic mass is 19.1. The third-order valence-electron chi connectivity index (χ3n) is 6.00. The van der Waals surface area contributed by atoms with Gasteiger partial charge in [0, 0.05) is 34.3 Å². The second-order valence-electron chi connectivity index (χ2n) is 8.13. The summed E-state index contributed by atoms with van der Waals surface area (Å²) in [6.45, 7) is 0. The van der Waals surface area contributed by atoms with Crippen molar-refractivity contribution in [2.24, 2.45) is 0 Å². The molecule has 33 heavy (non-hydrogen) atoms. The molecule has 0 aliphatic heterocycles. The van der Waals surface area contributed by atoms with Crippen molar-refractivity contribution in [3.63, 3.8) is 0 Å². The van der Waals surface area contributed by atoms with Gasteiger partial charge in [-0.2, -0.15) is 0 Å². The van der Waals surface area contributed by atoms with Crippen LogP contribution in [0.25, 0.3) is 55.2 Å². The molecule has 156 valence electrons. The number of hydrogen-bond acceptors (Lipinski definition) is 2. The van der Waals surface area contributed by atoms with Gasteiger partial charge in [-0.15, -0.1) is 0 Å². The van der Waals surface area contributed by atoms with Crippen LogP contribution in [0.4, 0.5) is 4.39 Å².